The van der Waals surface area contributed by atoms with E-state index >= 15 is 0 Å². The van der Waals surface area contributed by atoms with E-state index in [-0.39, 0.29) is 6.42 Å². The lowest BCUT2D eigenvalue weighted by Crippen LogP contribution is -2.46. The summed E-state index contributed by atoms with van der Waals surface area (Å²) in [5, 5.41) is 4.34. The molecule has 0 bridgehead atoms. The molecule has 0 amide bonds. The minimum atomic E-state index is -0.639. The average Bonchev–Trinajstić information content (AvgIpc) is 2.76. The SMILES string of the molecule is COC(=O)C1CC(Nc2ccc(C)cc2Cl)C(C(=O)OC)CC1=Nc1ccc(C)cc1Cl. The fraction of sp³-hybridized carbons (Fsp3) is 0.375. The van der Waals surface area contributed by atoms with Gasteiger partial charge in [-0.25, -0.2) is 0 Å². The summed E-state index contributed by atoms with van der Waals surface area (Å²) in [6, 6.07) is 10.7. The summed E-state index contributed by atoms with van der Waals surface area (Å²) in [5.41, 5.74) is 3.77. The third-order valence-electron chi connectivity index (χ3n) is 5.63. The van der Waals surface area contributed by atoms with Gasteiger partial charge in [-0.15, -0.1) is 0 Å². The molecule has 2 aromatic carbocycles. The molecular formula is C24H26Cl2N2O4. The molecule has 0 heterocycles. The van der Waals surface area contributed by atoms with Gasteiger partial charge in [-0.2, -0.15) is 0 Å². The van der Waals surface area contributed by atoms with E-state index in [4.69, 9.17) is 32.7 Å². The standard InChI is InChI=1S/C24H26Cl2N2O4/c1-13-5-7-19(17(25)9-13)27-21-11-16(24(30)32-4)22(12-15(21)23(29)31-3)28-20-8-6-14(2)10-18(20)26/h5-10,15-16,21,27H,11-12H2,1-4H3. The normalized spacial score (nSPS) is 21.8. The molecule has 1 N–H and O–H groups in total. The number of methoxy groups -OCH3 is 2. The smallest absolute Gasteiger partial charge is 0.314 e. The summed E-state index contributed by atoms with van der Waals surface area (Å²) in [7, 11) is 2.68. The quantitative estimate of drug-likeness (QED) is 0.573. The topological polar surface area (TPSA) is 77.0 Å². The van der Waals surface area contributed by atoms with E-state index in [9.17, 15) is 9.59 Å². The molecule has 3 atom stereocenters. The maximum Gasteiger partial charge on any atom is 0.314 e. The molecule has 8 heteroatoms. The van der Waals surface area contributed by atoms with Crippen molar-refractivity contribution in [3.63, 3.8) is 0 Å². The highest BCUT2D eigenvalue weighted by molar-refractivity contribution is 6.33. The van der Waals surface area contributed by atoms with Crippen LogP contribution in [0.5, 0.6) is 0 Å². The fourth-order valence-electron chi connectivity index (χ4n) is 3.91. The highest BCUT2D eigenvalue weighted by atomic mass is 35.5. The van der Waals surface area contributed by atoms with E-state index in [1.807, 2.05) is 38.1 Å². The largest absolute Gasteiger partial charge is 0.469 e. The van der Waals surface area contributed by atoms with Gasteiger partial charge in [0.25, 0.3) is 0 Å². The molecule has 0 saturated heterocycles. The van der Waals surface area contributed by atoms with Gasteiger partial charge >= 0.3 is 11.9 Å². The minimum Gasteiger partial charge on any atom is -0.469 e. The summed E-state index contributed by atoms with van der Waals surface area (Å²) in [4.78, 5) is 30.0. The molecule has 32 heavy (non-hydrogen) atoms. The highest BCUT2D eigenvalue weighted by Crippen LogP contribution is 2.36. The Kier molecular flexibility index (Phi) is 7.80. The van der Waals surface area contributed by atoms with Gasteiger partial charge in [0.05, 0.1) is 47.5 Å². The molecule has 1 aliphatic rings. The van der Waals surface area contributed by atoms with Crippen LogP contribution in [0.1, 0.15) is 24.0 Å². The number of rotatable bonds is 5. The van der Waals surface area contributed by atoms with Crippen molar-refractivity contribution in [3.8, 4) is 0 Å². The van der Waals surface area contributed by atoms with Gasteiger partial charge in [-0.3, -0.25) is 14.6 Å². The number of hydrogen-bond donors (Lipinski definition) is 1. The number of nitrogens with one attached hydrogen (secondary N) is 1. The number of anilines is 1. The van der Waals surface area contributed by atoms with Crippen molar-refractivity contribution in [2.75, 3.05) is 19.5 Å². The van der Waals surface area contributed by atoms with Crippen molar-refractivity contribution in [2.24, 2.45) is 16.8 Å². The lowest BCUT2D eigenvalue weighted by molar-refractivity contribution is -0.148. The zero-order valence-corrected chi connectivity index (χ0v) is 20.0. The number of halogens is 2. The number of benzene rings is 2. The second-order valence-corrected chi connectivity index (χ2v) is 8.75. The molecule has 6 nitrogen and oxygen atoms in total. The Hall–Kier alpha value is -2.57. The zero-order chi connectivity index (χ0) is 23.4. The van der Waals surface area contributed by atoms with Crippen LogP contribution in [0.15, 0.2) is 41.4 Å². The average molecular weight is 477 g/mol. The van der Waals surface area contributed by atoms with Crippen LogP contribution in [-0.4, -0.2) is 37.9 Å². The summed E-state index contributed by atoms with van der Waals surface area (Å²) in [6.07, 6.45) is 0.511. The van der Waals surface area contributed by atoms with E-state index < -0.39 is 29.8 Å². The Morgan fingerprint density at radius 2 is 1.59 bits per heavy atom. The first kappa shape index (κ1) is 24.1. The molecule has 0 radical (unpaired) electrons. The van der Waals surface area contributed by atoms with Crippen molar-refractivity contribution in [1.82, 2.24) is 0 Å². The third kappa shape index (κ3) is 5.43. The number of nitrogens with zero attached hydrogens (tertiary/aromatic N) is 1. The Morgan fingerprint density at radius 3 is 2.19 bits per heavy atom. The first-order valence-electron chi connectivity index (χ1n) is 10.3. The van der Waals surface area contributed by atoms with Gasteiger partial charge in [0.2, 0.25) is 0 Å². The Morgan fingerprint density at radius 1 is 0.969 bits per heavy atom. The van der Waals surface area contributed by atoms with Crippen LogP contribution < -0.4 is 5.32 Å². The second kappa shape index (κ2) is 10.4. The van der Waals surface area contributed by atoms with Crippen LogP contribution in [0.4, 0.5) is 11.4 Å². The van der Waals surface area contributed by atoms with E-state index in [0.29, 0.717) is 33.6 Å². The first-order chi connectivity index (χ1) is 15.2. The van der Waals surface area contributed by atoms with Gasteiger partial charge in [0.1, 0.15) is 0 Å². The molecule has 0 aromatic heterocycles. The number of hydrogen-bond acceptors (Lipinski definition) is 6. The van der Waals surface area contributed by atoms with E-state index in [1.165, 1.54) is 14.2 Å². The third-order valence-corrected chi connectivity index (χ3v) is 6.24. The number of esters is 2. The van der Waals surface area contributed by atoms with Crippen LogP contribution in [0.2, 0.25) is 10.0 Å². The van der Waals surface area contributed by atoms with Gasteiger partial charge < -0.3 is 14.8 Å². The number of carbonyl (C=O) groups is 2. The first-order valence-corrected chi connectivity index (χ1v) is 11.0. The van der Waals surface area contributed by atoms with Crippen LogP contribution in [-0.2, 0) is 19.1 Å². The van der Waals surface area contributed by atoms with E-state index in [0.717, 1.165) is 11.1 Å². The summed E-state index contributed by atoms with van der Waals surface area (Å²) < 4.78 is 10.1. The lowest BCUT2D eigenvalue weighted by atomic mass is 9.76. The fourth-order valence-corrected chi connectivity index (χ4v) is 4.48. The number of carbonyl (C=O) groups excluding carboxylic acids is 2. The van der Waals surface area contributed by atoms with Crippen molar-refractivity contribution in [2.45, 2.75) is 32.7 Å². The molecule has 1 fully saturated rings. The number of ether oxygens (including phenoxy) is 2. The molecule has 2 aromatic rings. The molecule has 0 aliphatic heterocycles. The van der Waals surface area contributed by atoms with Gasteiger partial charge in [-0.05, 0) is 55.7 Å². The van der Waals surface area contributed by atoms with Crippen LogP contribution >= 0.6 is 23.2 Å². The Bertz CT molecular complexity index is 1050. The van der Waals surface area contributed by atoms with E-state index in [2.05, 4.69) is 10.3 Å². The molecular weight excluding hydrogens is 451 g/mol. The molecule has 1 aliphatic carbocycles. The molecule has 0 spiro atoms. The number of aryl methyl sites for hydroxylation is 2. The van der Waals surface area contributed by atoms with Crippen molar-refractivity contribution in [1.29, 1.82) is 0 Å². The van der Waals surface area contributed by atoms with E-state index in [1.54, 1.807) is 12.1 Å². The van der Waals surface area contributed by atoms with Crippen molar-refractivity contribution < 1.29 is 19.1 Å². The monoisotopic (exact) mass is 476 g/mol. The van der Waals surface area contributed by atoms with Gasteiger partial charge in [0.15, 0.2) is 0 Å². The van der Waals surface area contributed by atoms with Crippen molar-refractivity contribution in [3.05, 3.63) is 57.6 Å². The Balaban J connectivity index is 1.99. The lowest BCUT2D eigenvalue weighted by Gasteiger charge is -2.35. The van der Waals surface area contributed by atoms with Crippen LogP contribution in [0, 0.1) is 25.7 Å². The summed E-state index contributed by atoms with van der Waals surface area (Å²) in [5.74, 6) is -2.02. The minimum absolute atomic E-state index is 0.220. The van der Waals surface area contributed by atoms with Crippen LogP contribution in [0.3, 0.4) is 0 Å². The molecule has 1 saturated carbocycles. The van der Waals surface area contributed by atoms with Gasteiger partial charge in [0, 0.05) is 18.2 Å². The molecule has 3 unspecified atom stereocenters. The van der Waals surface area contributed by atoms with Gasteiger partial charge in [-0.1, -0.05) is 35.3 Å². The summed E-state index contributed by atoms with van der Waals surface area (Å²) >= 11 is 12.8. The second-order valence-electron chi connectivity index (χ2n) is 7.94. The predicted octanol–water partition coefficient (Wildman–Crippen LogP) is 5.54. The summed E-state index contributed by atoms with van der Waals surface area (Å²) in [6.45, 7) is 3.88. The maximum absolute atomic E-state index is 12.7. The zero-order valence-electron chi connectivity index (χ0n) is 18.4. The molecule has 3 rings (SSSR count). The van der Waals surface area contributed by atoms with Crippen LogP contribution in [0.25, 0.3) is 0 Å². The predicted molar refractivity (Wildman–Crippen MR) is 127 cm³/mol. The number of aliphatic imine (C=N–C) groups is 1. The highest BCUT2D eigenvalue weighted by Gasteiger charge is 2.43. The van der Waals surface area contributed by atoms with Crippen molar-refractivity contribution >= 4 is 52.2 Å². The maximum atomic E-state index is 12.7. The Labute approximate surface area is 197 Å². The molecule has 170 valence electrons.